The zero-order chi connectivity index (χ0) is 18.0. The van der Waals surface area contributed by atoms with Crippen molar-refractivity contribution in [1.29, 1.82) is 0 Å². The molecule has 1 aromatic heterocycles. The lowest BCUT2D eigenvalue weighted by molar-refractivity contribution is -0.141. The molecule has 1 N–H and O–H groups in total. The summed E-state index contributed by atoms with van der Waals surface area (Å²) in [4.78, 5) is 0. The van der Waals surface area contributed by atoms with Crippen LogP contribution in [0, 0.1) is 0 Å². The fourth-order valence-corrected chi connectivity index (χ4v) is 2.76. The molecule has 0 unspecified atom stereocenters. The third-order valence-corrected chi connectivity index (χ3v) is 4.32. The van der Waals surface area contributed by atoms with Crippen LogP contribution in [0.15, 0.2) is 59.1 Å². The van der Waals surface area contributed by atoms with Crippen molar-refractivity contribution in [1.82, 2.24) is 9.78 Å². The summed E-state index contributed by atoms with van der Waals surface area (Å²) in [6, 6.07) is 15.0. The molecule has 25 heavy (non-hydrogen) atoms. The summed E-state index contributed by atoms with van der Waals surface area (Å²) in [6.45, 7) is 0.163. The van der Waals surface area contributed by atoms with E-state index in [9.17, 15) is 13.2 Å². The van der Waals surface area contributed by atoms with Gasteiger partial charge in [0, 0.05) is 10.2 Å². The monoisotopic (exact) mass is 429 g/mol. The topological polar surface area (TPSA) is 29.9 Å². The minimum absolute atomic E-state index is 0.163. The minimum atomic E-state index is -4.53. The Morgan fingerprint density at radius 2 is 1.76 bits per heavy atom. The van der Waals surface area contributed by atoms with E-state index in [1.54, 1.807) is 24.3 Å². The zero-order valence-electron chi connectivity index (χ0n) is 12.7. The number of para-hydroxylation sites is 1. The second-order valence-corrected chi connectivity index (χ2v) is 6.57. The first kappa shape index (κ1) is 17.8. The molecule has 0 aliphatic carbocycles. The smallest absolute Gasteiger partial charge is 0.379 e. The van der Waals surface area contributed by atoms with Crippen LogP contribution in [0.5, 0.6) is 0 Å². The summed E-state index contributed by atoms with van der Waals surface area (Å²) in [5.74, 6) is 0. The first-order chi connectivity index (χ1) is 11.8. The molecule has 0 amide bonds. The molecule has 3 aromatic rings. The molecule has 0 radical (unpaired) electrons. The van der Waals surface area contributed by atoms with Gasteiger partial charge >= 0.3 is 6.18 Å². The summed E-state index contributed by atoms with van der Waals surface area (Å²) < 4.78 is 41.3. The molecule has 2 aromatic carbocycles. The molecule has 3 nitrogen and oxygen atoms in total. The van der Waals surface area contributed by atoms with Gasteiger partial charge in [-0.2, -0.15) is 18.3 Å². The molecule has 3 rings (SSSR count). The molecule has 0 fully saturated rings. The van der Waals surface area contributed by atoms with Crippen molar-refractivity contribution >= 4 is 33.2 Å². The normalized spacial score (nSPS) is 11.6. The molecule has 0 saturated heterocycles. The van der Waals surface area contributed by atoms with Crippen molar-refractivity contribution in [2.45, 2.75) is 12.7 Å². The van der Waals surface area contributed by atoms with Gasteiger partial charge in [-0.15, -0.1) is 0 Å². The lowest BCUT2D eigenvalue weighted by Gasteiger charge is -2.11. The van der Waals surface area contributed by atoms with E-state index < -0.39 is 11.9 Å². The van der Waals surface area contributed by atoms with Crippen LogP contribution in [0.25, 0.3) is 5.69 Å². The molecule has 0 spiro atoms. The number of alkyl halides is 3. The molecule has 130 valence electrons. The Hall–Kier alpha value is -1.99. The number of benzene rings is 2. The van der Waals surface area contributed by atoms with E-state index in [2.05, 4.69) is 26.3 Å². The van der Waals surface area contributed by atoms with Crippen LogP contribution in [0.2, 0.25) is 5.02 Å². The van der Waals surface area contributed by atoms with E-state index in [1.165, 1.54) is 4.68 Å². The van der Waals surface area contributed by atoms with Crippen molar-refractivity contribution in [3.8, 4) is 5.69 Å². The molecule has 0 bridgehead atoms. The zero-order valence-corrected chi connectivity index (χ0v) is 15.0. The van der Waals surface area contributed by atoms with Gasteiger partial charge in [0.1, 0.15) is 0 Å². The molecule has 0 aliphatic heterocycles. The first-order valence-electron chi connectivity index (χ1n) is 7.25. The third-order valence-electron chi connectivity index (χ3n) is 3.47. The van der Waals surface area contributed by atoms with Gasteiger partial charge in [0.25, 0.3) is 0 Å². The van der Waals surface area contributed by atoms with Crippen LogP contribution in [-0.4, -0.2) is 9.78 Å². The summed E-state index contributed by atoms with van der Waals surface area (Å²) in [7, 11) is 0. The fourth-order valence-electron chi connectivity index (χ4n) is 2.28. The van der Waals surface area contributed by atoms with Crippen LogP contribution >= 0.6 is 27.5 Å². The summed E-state index contributed by atoms with van der Waals surface area (Å²) in [6.07, 6.45) is -4.53. The minimum Gasteiger partial charge on any atom is -0.379 e. The SMILES string of the molecule is FC(F)(F)c1cc(CNc2ccc(Br)cc2)n(-c2ccccc2Cl)n1. The van der Waals surface area contributed by atoms with Crippen LogP contribution in [-0.2, 0) is 12.7 Å². The fraction of sp³-hybridized carbons (Fsp3) is 0.118. The molecular formula is C17H12BrClF3N3. The van der Waals surface area contributed by atoms with Crippen LogP contribution in [0.3, 0.4) is 0 Å². The summed E-state index contributed by atoms with van der Waals surface area (Å²) in [5.41, 5.74) is 0.569. The highest BCUT2D eigenvalue weighted by atomic mass is 79.9. The molecule has 0 atom stereocenters. The summed E-state index contributed by atoms with van der Waals surface area (Å²) >= 11 is 9.46. The largest absolute Gasteiger partial charge is 0.435 e. The molecule has 8 heteroatoms. The molecular weight excluding hydrogens is 419 g/mol. The Kier molecular flexibility index (Phi) is 5.06. The van der Waals surface area contributed by atoms with E-state index in [0.29, 0.717) is 16.4 Å². The number of nitrogens with one attached hydrogen (secondary N) is 1. The van der Waals surface area contributed by atoms with Crippen molar-refractivity contribution in [2.75, 3.05) is 5.32 Å². The standard InChI is InChI=1S/C17H12BrClF3N3/c18-11-5-7-12(8-6-11)23-10-13-9-16(17(20,21)22)24-25(13)15-4-2-1-3-14(15)19/h1-9,23H,10H2. The lowest BCUT2D eigenvalue weighted by Crippen LogP contribution is -2.09. The summed E-state index contributed by atoms with van der Waals surface area (Å²) in [5, 5.41) is 7.11. The first-order valence-corrected chi connectivity index (χ1v) is 8.42. The second kappa shape index (κ2) is 7.09. The van der Waals surface area contributed by atoms with Gasteiger partial charge in [0.2, 0.25) is 0 Å². The van der Waals surface area contributed by atoms with Gasteiger partial charge < -0.3 is 5.32 Å². The van der Waals surface area contributed by atoms with E-state index in [1.807, 2.05) is 24.3 Å². The van der Waals surface area contributed by atoms with E-state index in [-0.39, 0.29) is 6.54 Å². The lowest BCUT2D eigenvalue weighted by atomic mass is 10.3. The van der Waals surface area contributed by atoms with Crippen molar-refractivity contribution in [3.05, 3.63) is 75.5 Å². The van der Waals surface area contributed by atoms with Crippen LogP contribution < -0.4 is 5.32 Å². The van der Waals surface area contributed by atoms with Crippen LogP contribution in [0.4, 0.5) is 18.9 Å². The van der Waals surface area contributed by atoms with Gasteiger partial charge in [-0.05, 0) is 42.5 Å². The van der Waals surface area contributed by atoms with E-state index in [0.717, 1.165) is 16.2 Å². The van der Waals surface area contributed by atoms with Crippen molar-refractivity contribution < 1.29 is 13.2 Å². The quantitative estimate of drug-likeness (QED) is 0.557. The van der Waals surface area contributed by atoms with Gasteiger partial charge in [0.05, 0.1) is 22.9 Å². The molecule has 0 aliphatic rings. The maximum absolute atomic E-state index is 13.1. The Morgan fingerprint density at radius 3 is 2.40 bits per heavy atom. The number of rotatable bonds is 4. The number of aromatic nitrogens is 2. The second-order valence-electron chi connectivity index (χ2n) is 5.24. The van der Waals surface area contributed by atoms with Gasteiger partial charge in [0.15, 0.2) is 5.69 Å². The third kappa shape index (κ3) is 4.16. The van der Waals surface area contributed by atoms with Crippen LogP contribution in [0.1, 0.15) is 11.4 Å². The average Bonchev–Trinajstić information content (AvgIpc) is 2.99. The van der Waals surface area contributed by atoms with Crippen molar-refractivity contribution in [3.63, 3.8) is 0 Å². The van der Waals surface area contributed by atoms with E-state index >= 15 is 0 Å². The number of halogens is 5. The van der Waals surface area contributed by atoms with Gasteiger partial charge in [-0.3, -0.25) is 0 Å². The highest BCUT2D eigenvalue weighted by Crippen LogP contribution is 2.31. The predicted molar refractivity (Wildman–Crippen MR) is 95.0 cm³/mol. The highest BCUT2D eigenvalue weighted by Gasteiger charge is 2.35. The Morgan fingerprint density at radius 1 is 1.08 bits per heavy atom. The van der Waals surface area contributed by atoms with E-state index in [4.69, 9.17) is 11.6 Å². The van der Waals surface area contributed by atoms with Gasteiger partial charge in [-0.25, -0.2) is 4.68 Å². The van der Waals surface area contributed by atoms with Crippen molar-refractivity contribution in [2.24, 2.45) is 0 Å². The van der Waals surface area contributed by atoms with Gasteiger partial charge in [-0.1, -0.05) is 39.7 Å². The number of nitrogens with zero attached hydrogens (tertiary/aromatic N) is 2. The molecule has 0 saturated carbocycles. The maximum Gasteiger partial charge on any atom is 0.435 e. The number of hydrogen-bond donors (Lipinski definition) is 1. The Labute approximate surface area is 155 Å². The Bertz CT molecular complexity index is 876. The highest BCUT2D eigenvalue weighted by molar-refractivity contribution is 9.10. The maximum atomic E-state index is 13.1. The Balaban J connectivity index is 1.95. The predicted octanol–water partition coefficient (Wildman–Crippen LogP) is 5.92. The number of hydrogen-bond acceptors (Lipinski definition) is 2. The molecule has 1 heterocycles. The number of anilines is 1. The average molecular weight is 431 g/mol.